The Morgan fingerprint density at radius 3 is 2.53 bits per heavy atom. The molecule has 1 heterocycles. The van der Waals surface area contributed by atoms with E-state index in [1.807, 2.05) is 45.3 Å². The first-order valence-corrected chi connectivity index (χ1v) is 6.54. The normalized spacial score (nSPS) is 10.5. The fourth-order valence-corrected chi connectivity index (χ4v) is 1.81. The van der Waals surface area contributed by atoms with Gasteiger partial charge in [-0.25, -0.2) is 0 Å². The SMILES string of the molecule is Cc1cncc(NCc2ccc(OC(C)C)cc2)c1. The van der Waals surface area contributed by atoms with Gasteiger partial charge in [0.2, 0.25) is 0 Å². The zero-order valence-electron chi connectivity index (χ0n) is 11.7. The smallest absolute Gasteiger partial charge is 0.119 e. The van der Waals surface area contributed by atoms with E-state index in [1.54, 1.807) is 0 Å². The van der Waals surface area contributed by atoms with Crippen molar-refractivity contribution < 1.29 is 4.74 Å². The van der Waals surface area contributed by atoms with E-state index in [-0.39, 0.29) is 6.10 Å². The Morgan fingerprint density at radius 1 is 1.16 bits per heavy atom. The van der Waals surface area contributed by atoms with Crippen molar-refractivity contribution in [1.82, 2.24) is 4.98 Å². The summed E-state index contributed by atoms with van der Waals surface area (Å²) in [6.45, 7) is 6.88. The molecule has 100 valence electrons. The Balaban J connectivity index is 1.93. The maximum absolute atomic E-state index is 5.62. The van der Waals surface area contributed by atoms with Crippen LogP contribution in [-0.2, 0) is 6.54 Å². The topological polar surface area (TPSA) is 34.2 Å². The number of nitrogens with one attached hydrogen (secondary N) is 1. The van der Waals surface area contributed by atoms with Crippen LogP contribution >= 0.6 is 0 Å². The van der Waals surface area contributed by atoms with E-state index in [1.165, 1.54) is 5.56 Å². The van der Waals surface area contributed by atoms with Gasteiger partial charge in [0.25, 0.3) is 0 Å². The Labute approximate surface area is 114 Å². The van der Waals surface area contributed by atoms with Gasteiger partial charge in [0.05, 0.1) is 11.8 Å². The molecule has 1 aromatic carbocycles. The number of nitrogens with zero attached hydrogens (tertiary/aromatic N) is 1. The summed E-state index contributed by atoms with van der Waals surface area (Å²) in [6, 6.07) is 10.3. The molecule has 0 aliphatic carbocycles. The summed E-state index contributed by atoms with van der Waals surface area (Å²) >= 11 is 0. The molecule has 2 rings (SSSR count). The van der Waals surface area contributed by atoms with E-state index in [4.69, 9.17) is 4.74 Å². The second-order valence-electron chi connectivity index (χ2n) is 4.92. The molecular weight excluding hydrogens is 236 g/mol. The lowest BCUT2D eigenvalue weighted by molar-refractivity contribution is 0.242. The number of anilines is 1. The number of aryl methyl sites for hydroxylation is 1. The summed E-state index contributed by atoms with van der Waals surface area (Å²) < 4.78 is 5.62. The van der Waals surface area contributed by atoms with E-state index in [0.29, 0.717) is 0 Å². The molecule has 3 nitrogen and oxygen atoms in total. The molecule has 0 unspecified atom stereocenters. The first-order chi connectivity index (χ1) is 9.13. The maximum Gasteiger partial charge on any atom is 0.119 e. The highest BCUT2D eigenvalue weighted by atomic mass is 16.5. The van der Waals surface area contributed by atoms with Crippen LogP contribution in [-0.4, -0.2) is 11.1 Å². The second kappa shape index (κ2) is 6.23. The molecular formula is C16H20N2O. The molecule has 0 spiro atoms. The Hall–Kier alpha value is -2.03. The van der Waals surface area contributed by atoms with Crippen LogP contribution in [0.5, 0.6) is 5.75 Å². The van der Waals surface area contributed by atoms with Gasteiger partial charge in [0.1, 0.15) is 5.75 Å². The zero-order chi connectivity index (χ0) is 13.7. The molecule has 0 aliphatic heterocycles. The molecule has 0 radical (unpaired) electrons. The molecule has 0 amide bonds. The van der Waals surface area contributed by atoms with Crippen molar-refractivity contribution in [3.63, 3.8) is 0 Å². The monoisotopic (exact) mass is 256 g/mol. The molecule has 0 fully saturated rings. The number of aromatic nitrogens is 1. The van der Waals surface area contributed by atoms with Gasteiger partial charge in [-0.2, -0.15) is 0 Å². The molecule has 0 saturated carbocycles. The van der Waals surface area contributed by atoms with Gasteiger partial charge in [-0.15, -0.1) is 0 Å². The molecule has 0 aliphatic rings. The fraction of sp³-hybridized carbons (Fsp3) is 0.312. The van der Waals surface area contributed by atoms with Crippen molar-refractivity contribution in [3.05, 3.63) is 53.9 Å². The lowest BCUT2D eigenvalue weighted by Gasteiger charge is -2.11. The molecule has 1 N–H and O–H groups in total. The highest BCUT2D eigenvalue weighted by Crippen LogP contribution is 2.15. The lowest BCUT2D eigenvalue weighted by Crippen LogP contribution is -2.05. The van der Waals surface area contributed by atoms with Crippen LogP contribution in [0.3, 0.4) is 0 Å². The summed E-state index contributed by atoms with van der Waals surface area (Å²) in [4.78, 5) is 4.16. The first kappa shape index (κ1) is 13.4. The average molecular weight is 256 g/mol. The number of pyridine rings is 1. The van der Waals surface area contributed by atoms with Gasteiger partial charge in [-0.05, 0) is 50.1 Å². The van der Waals surface area contributed by atoms with Crippen molar-refractivity contribution in [2.24, 2.45) is 0 Å². The number of hydrogen-bond donors (Lipinski definition) is 1. The molecule has 19 heavy (non-hydrogen) atoms. The summed E-state index contributed by atoms with van der Waals surface area (Å²) in [5.41, 5.74) is 3.42. The predicted octanol–water partition coefficient (Wildman–Crippen LogP) is 3.79. The quantitative estimate of drug-likeness (QED) is 0.883. The van der Waals surface area contributed by atoms with Crippen LogP contribution in [0.25, 0.3) is 0 Å². The van der Waals surface area contributed by atoms with Crippen LogP contribution in [0.4, 0.5) is 5.69 Å². The van der Waals surface area contributed by atoms with E-state index >= 15 is 0 Å². The minimum Gasteiger partial charge on any atom is -0.491 e. The summed E-state index contributed by atoms with van der Waals surface area (Å²) in [7, 11) is 0. The van der Waals surface area contributed by atoms with Crippen LogP contribution in [0.1, 0.15) is 25.0 Å². The average Bonchev–Trinajstić information content (AvgIpc) is 2.37. The number of benzene rings is 1. The zero-order valence-corrected chi connectivity index (χ0v) is 11.7. The third-order valence-electron chi connectivity index (χ3n) is 2.67. The van der Waals surface area contributed by atoms with Crippen LogP contribution < -0.4 is 10.1 Å². The number of hydrogen-bond acceptors (Lipinski definition) is 3. The standard InChI is InChI=1S/C16H20N2O/c1-12(2)19-16-6-4-14(5-7-16)10-18-15-8-13(3)9-17-11-15/h4-9,11-12,18H,10H2,1-3H3. The molecule has 0 bridgehead atoms. The minimum absolute atomic E-state index is 0.211. The van der Waals surface area contributed by atoms with Gasteiger partial charge >= 0.3 is 0 Å². The van der Waals surface area contributed by atoms with Gasteiger partial charge in [0, 0.05) is 18.9 Å². The van der Waals surface area contributed by atoms with Crippen LogP contribution in [0.15, 0.2) is 42.7 Å². The van der Waals surface area contributed by atoms with E-state index in [9.17, 15) is 0 Å². The van der Waals surface area contributed by atoms with Gasteiger partial charge in [-0.1, -0.05) is 12.1 Å². The molecule has 0 saturated heterocycles. The van der Waals surface area contributed by atoms with Crippen molar-refractivity contribution in [3.8, 4) is 5.75 Å². The predicted molar refractivity (Wildman–Crippen MR) is 78.5 cm³/mol. The van der Waals surface area contributed by atoms with E-state index in [2.05, 4.69) is 28.5 Å². The Bertz CT molecular complexity index is 521. The maximum atomic E-state index is 5.62. The van der Waals surface area contributed by atoms with E-state index < -0.39 is 0 Å². The molecule has 0 atom stereocenters. The number of rotatable bonds is 5. The minimum atomic E-state index is 0.211. The summed E-state index contributed by atoms with van der Waals surface area (Å²) in [5, 5.41) is 3.36. The van der Waals surface area contributed by atoms with E-state index in [0.717, 1.165) is 23.5 Å². The summed E-state index contributed by atoms with van der Waals surface area (Å²) in [5.74, 6) is 0.913. The van der Waals surface area contributed by atoms with Crippen molar-refractivity contribution in [2.45, 2.75) is 33.4 Å². The largest absolute Gasteiger partial charge is 0.491 e. The van der Waals surface area contributed by atoms with Gasteiger partial charge in [0.15, 0.2) is 0 Å². The summed E-state index contributed by atoms with van der Waals surface area (Å²) in [6.07, 6.45) is 3.90. The molecule has 1 aromatic heterocycles. The van der Waals surface area contributed by atoms with Crippen molar-refractivity contribution >= 4 is 5.69 Å². The van der Waals surface area contributed by atoms with Crippen LogP contribution in [0, 0.1) is 6.92 Å². The Kier molecular flexibility index (Phi) is 4.39. The van der Waals surface area contributed by atoms with Crippen molar-refractivity contribution in [2.75, 3.05) is 5.32 Å². The lowest BCUT2D eigenvalue weighted by atomic mass is 10.2. The van der Waals surface area contributed by atoms with Gasteiger partial charge < -0.3 is 10.1 Å². The second-order valence-corrected chi connectivity index (χ2v) is 4.92. The van der Waals surface area contributed by atoms with Crippen LogP contribution in [0.2, 0.25) is 0 Å². The highest BCUT2D eigenvalue weighted by Gasteiger charge is 1.99. The third-order valence-corrected chi connectivity index (χ3v) is 2.67. The van der Waals surface area contributed by atoms with Crippen molar-refractivity contribution in [1.29, 1.82) is 0 Å². The first-order valence-electron chi connectivity index (χ1n) is 6.54. The molecule has 3 heteroatoms. The van der Waals surface area contributed by atoms with Gasteiger partial charge in [-0.3, -0.25) is 4.98 Å². The third kappa shape index (κ3) is 4.28. The number of ether oxygens (including phenoxy) is 1. The Morgan fingerprint density at radius 2 is 1.89 bits per heavy atom. The molecule has 2 aromatic rings. The highest BCUT2D eigenvalue weighted by molar-refractivity contribution is 5.43. The fourth-order valence-electron chi connectivity index (χ4n) is 1.81.